The number of carbonyl (C=O) groups is 1. The number of nitrogens with one attached hydrogen (secondary N) is 1. The first-order valence-corrected chi connectivity index (χ1v) is 9.26. The number of rotatable bonds is 7. The Bertz CT molecular complexity index is 989. The van der Waals surface area contributed by atoms with Gasteiger partial charge in [0.2, 0.25) is 0 Å². The van der Waals surface area contributed by atoms with Gasteiger partial charge in [-0.25, -0.2) is 4.68 Å². The van der Waals surface area contributed by atoms with E-state index in [-0.39, 0.29) is 5.91 Å². The number of carbonyl (C=O) groups excluding carboxylic acids is 1. The number of ether oxygens (including phenoxy) is 2. The van der Waals surface area contributed by atoms with Crippen LogP contribution in [0.4, 0.5) is 0 Å². The van der Waals surface area contributed by atoms with Gasteiger partial charge in [0, 0.05) is 19.2 Å². The van der Waals surface area contributed by atoms with Crippen molar-refractivity contribution < 1.29 is 14.3 Å². The molecule has 2 aromatic carbocycles. The van der Waals surface area contributed by atoms with Gasteiger partial charge >= 0.3 is 0 Å². The Kier molecular flexibility index (Phi) is 6.57. The second-order valence-corrected chi connectivity index (χ2v) is 6.72. The monoisotopic (exact) mass is 419 g/mol. The number of benzene rings is 2. The third kappa shape index (κ3) is 4.47. The van der Waals surface area contributed by atoms with Gasteiger partial charge in [-0.2, -0.15) is 5.10 Å². The van der Waals surface area contributed by atoms with Gasteiger partial charge in [0.05, 0.1) is 35.1 Å². The predicted molar refractivity (Wildman–Crippen MR) is 110 cm³/mol. The lowest BCUT2D eigenvalue weighted by molar-refractivity contribution is 0.0929. The Morgan fingerprint density at radius 2 is 1.93 bits per heavy atom. The average Bonchev–Trinajstić information content (AvgIpc) is 3.16. The molecule has 6 nitrogen and oxygen atoms in total. The molecule has 3 aromatic rings. The summed E-state index contributed by atoms with van der Waals surface area (Å²) in [6.45, 7) is 0.797. The van der Waals surface area contributed by atoms with E-state index in [9.17, 15) is 4.79 Å². The number of amides is 1. The van der Waals surface area contributed by atoms with Crippen LogP contribution in [0.5, 0.6) is 5.75 Å². The lowest BCUT2D eigenvalue weighted by Crippen LogP contribution is -2.28. The van der Waals surface area contributed by atoms with Crippen LogP contribution in [0.1, 0.15) is 10.5 Å². The molecule has 0 saturated heterocycles. The van der Waals surface area contributed by atoms with Crippen LogP contribution < -0.4 is 10.1 Å². The third-order valence-electron chi connectivity index (χ3n) is 4.05. The van der Waals surface area contributed by atoms with Crippen LogP contribution in [-0.4, -0.2) is 43.1 Å². The van der Waals surface area contributed by atoms with Crippen molar-refractivity contribution in [1.82, 2.24) is 15.1 Å². The molecule has 1 N–H and O–H groups in total. The van der Waals surface area contributed by atoms with Crippen molar-refractivity contribution in [1.29, 1.82) is 0 Å². The van der Waals surface area contributed by atoms with Crippen LogP contribution in [0.15, 0.2) is 48.5 Å². The van der Waals surface area contributed by atoms with Crippen LogP contribution in [0, 0.1) is 0 Å². The minimum Gasteiger partial charge on any atom is -0.497 e. The maximum atomic E-state index is 12.7. The van der Waals surface area contributed by atoms with Crippen LogP contribution in [-0.2, 0) is 4.74 Å². The fraction of sp³-hybridized carbons (Fsp3) is 0.200. The topological polar surface area (TPSA) is 65.4 Å². The molecular weight excluding hydrogens is 401 g/mol. The highest BCUT2D eigenvalue weighted by Crippen LogP contribution is 2.28. The van der Waals surface area contributed by atoms with E-state index in [4.69, 9.17) is 32.7 Å². The number of aromatic nitrogens is 2. The summed E-state index contributed by atoms with van der Waals surface area (Å²) < 4.78 is 11.8. The summed E-state index contributed by atoms with van der Waals surface area (Å²) in [5.74, 6) is 0.428. The standard InChI is InChI=1S/C20H19Cl2N3O3/c1-27-9-8-23-20(26)19-12-18(13-4-3-5-15(10-13)28-2)24-25(19)14-6-7-16(21)17(22)11-14/h3-7,10-12H,8-9H2,1-2H3,(H,23,26). The molecule has 1 aromatic heterocycles. The normalized spacial score (nSPS) is 10.7. The molecule has 0 atom stereocenters. The Hall–Kier alpha value is -2.54. The first-order valence-electron chi connectivity index (χ1n) is 8.50. The van der Waals surface area contributed by atoms with Crippen molar-refractivity contribution in [3.05, 3.63) is 64.3 Å². The molecule has 0 unspecified atom stereocenters. The van der Waals surface area contributed by atoms with E-state index in [1.54, 1.807) is 43.2 Å². The fourth-order valence-electron chi connectivity index (χ4n) is 2.64. The molecule has 8 heteroatoms. The summed E-state index contributed by atoms with van der Waals surface area (Å²) in [5.41, 5.74) is 2.44. The number of hydrogen-bond donors (Lipinski definition) is 1. The van der Waals surface area contributed by atoms with Crippen molar-refractivity contribution in [2.75, 3.05) is 27.4 Å². The minimum atomic E-state index is -0.273. The van der Waals surface area contributed by atoms with Crippen molar-refractivity contribution in [3.8, 4) is 22.7 Å². The van der Waals surface area contributed by atoms with Crippen LogP contribution >= 0.6 is 23.2 Å². The Morgan fingerprint density at radius 3 is 2.64 bits per heavy atom. The molecule has 0 bridgehead atoms. The highest BCUT2D eigenvalue weighted by atomic mass is 35.5. The first kappa shape index (κ1) is 20.2. The molecule has 1 heterocycles. The molecule has 1 amide bonds. The zero-order valence-electron chi connectivity index (χ0n) is 15.4. The molecule has 0 aliphatic rings. The second-order valence-electron chi connectivity index (χ2n) is 5.91. The molecule has 0 fully saturated rings. The highest BCUT2D eigenvalue weighted by Gasteiger charge is 2.18. The molecule has 0 aliphatic heterocycles. The van der Waals surface area contributed by atoms with Gasteiger partial charge in [-0.1, -0.05) is 35.3 Å². The van der Waals surface area contributed by atoms with E-state index in [1.807, 2.05) is 24.3 Å². The van der Waals surface area contributed by atoms with Gasteiger partial charge in [-0.3, -0.25) is 4.79 Å². The largest absolute Gasteiger partial charge is 0.497 e. The van der Waals surface area contributed by atoms with Gasteiger partial charge in [-0.05, 0) is 36.4 Å². The van der Waals surface area contributed by atoms with Crippen molar-refractivity contribution in [3.63, 3.8) is 0 Å². The van der Waals surface area contributed by atoms with Crippen LogP contribution in [0.3, 0.4) is 0 Å². The maximum absolute atomic E-state index is 12.7. The Morgan fingerprint density at radius 1 is 1.11 bits per heavy atom. The summed E-state index contributed by atoms with van der Waals surface area (Å²) in [5, 5.41) is 8.23. The lowest BCUT2D eigenvalue weighted by Gasteiger charge is -2.09. The van der Waals surface area contributed by atoms with E-state index in [0.717, 1.165) is 5.56 Å². The van der Waals surface area contributed by atoms with E-state index >= 15 is 0 Å². The molecule has 0 saturated carbocycles. The van der Waals surface area contributed by atoms with Gasteiger partial charge < -0.3 is 14.8 Å². The van der Waals surface area contributed by atoms with E-state index in [0.29, 0.717) is 46.0 Å². The molecule has 28 heavy (non-hydrogen) atoms. The highest BCUT2D eigenvalue weighted by molar-refractivity contribution is 6.42. The van der Waals surface area contributed by atoms with Crippen molar-refractivity contribution in [2.45, 2.75) is 0 Å². The second kappa shape index (κ2) is 9.10. The minimum absolute atomic E-state index is 0.273. The zero-order valence-corrected chi connectivity index (χ0v) is 16.9. The lowest BCUT2D eigenvalue weighted by atomic mass is 10.1. The summed E-state index contributed by atoms with van der Waals surface area (Å²) in [6, 6.07) is 14.3. The summed E-state index contributed by atoms with van der Waals surface area (Å²) >= 11 is 12.2. The predicted octanol–water partition coefficient (Wildman–Crippen LogP) is 4.23. The van der Waals surface area contributed by atoms with Crippen LogP contribution in [0.25, 0.3) is 16.9 Å². The Balaban J connectivity index is 2.05. The smallest absolute Gasteiger partial charge is 0.270 e. The zero-order chi connectivity index (χ0) is 20.1. The van der Waals surface area contributed by atoms with E-state index < -0.39 is 0 Å². The molecule has 0 aliphatic carbocycles. The summed E-state index contributed by atoms with van der Waals surface area (Å²) in [6.07, 6.45) is 0. The fourth-order valence-corrected chi connectivity index (χ4v) is 2.93. The average molecular weight is 420 g/mol. The SMILES string of the molecule is COCCNC(=O)c1cc(-c2cccc(OC)c2)nn1-c1ccc(Cl)c(Cl)c1. The maximum Gasteiger partial charge on any atom is 0.270 e. The van der Waals surface area contributed by atoms with Crippen molar-refractivity contribution in [2.24, 2.45) is 0 Å². The number of methoxy groups -OCH3 is 2. The van der Waals surface area contributed by atoms with E-state index in [1.165, 1.54) is 0 Å². The molecule has 0 radical (unpaired) electrons. The molecule has 0 spiro atoms. The van der Waals surface area contributed by atoms with Crippen LogP contribution in [0.2, 0.25) is 10.0 Å². The van der Waals surface area contributed by atoms with Gasteiger partial charge in [-0.15, -0.1) is 0 Å². The molecular formula is C20H19Cl2N3O3. The molecule has 146 valence electrons. The number of halogens is 2. The quantitative estimate of drug-likeness (QED) is 0.581. The number of hydrogen-bond acceptors (Lipinski definition) is 4. The molecule has 3 rings (SSSR count). The van der Waals surface area contributed by atoms with Crippen molar-refractivity contribution >= 4 is 29.1 Å². The van der Waals surface area contributed by atoms with E-state index in [2.05, 4.69) is 10.4 Å². The van der Waals surface area contributed by atoms with Gasteiger partial charge in [0.25, 0.3) is 5.91 Å². The van der Waals surface area contributed by atoms with Gasteiger partial charge in [0.1, 0.15) is 11.4 Å². The first-order chi connectivity index (χ1) is 13.5. The summed E-state index contributed by atoms with van der Waals surface area (Å²) in [7, 11) is 3.18. The number of nitrogens with zero attached hydrogens (tertiary/aromatic N) is 2. The summed E-state index contributed by atoms with van der Waals surface area (Å²) in [4.78, 5) is 12.7. The Labute approximate surface area is 173 Å². The third-order valence-corrected chi connectivity index (χ3v) is 4.79. The van der Waals surface area contributed by atoms with Gasteiger partial charge in [0.15, 0.2) is 0 Å².